The van der Waals surface area contributed by atoms with Crippen LogP contribution >= 0.6 is 12.4 Å². The van der Waals surface area contributed by atoms with Crippen molar-refractivity contribution in [3.05, 3.63) is 30.1 Å². The topological polar surface area (TPSA) is 96.7 Å². The summed E-state index contributed by atoms with van der Waals surface area (Å²) < 4.78 is 0. The quantitative estimate of drug-likeness (QED) is 0.755. The average molecular weight is 338 g/mol. The van der Waals surface area contributed by atoms with Crippen LogP contribution < -0.4 is 11.1 Å². The Morgan fingerprint density at radius 2 is 1.87 bits per heavy atom. The summed E-state index contributed by atoms with van der Waals surface area (Å²) in [6, 6.07) is 7.48. The van der Waals surface area contributed by atoms with Crippen LogP contribution in [0.25, 0.3) is 11.4 Å². The molecule has 0 fully saturated rings. The van der Waals surface area contributed by atoms with E-state index in [-0.39, 0.29) is 18.3 Å². The van der Waals surface area contributed by atoms with E-state index in [9.17, 15) is 4.79 Å². The molecule has 0 saturated heterocycles. The van der Waals surface area contributed by atoms with E-state index in [1.165, 1.54) is 0 Å². The van der Waals surface area contributed by atoms with Crippen molar-refractivity contribution in [3.63, 3.8) is 0 Å². The molecule has 1 aromatic heterocycles. The number of carbonyl (C=O) groups excluding carboxylic acids is 1. The standard InChI is InChI=1S/C16H23N5O.ClH/c1-4-16(5-2,10-17)15(22)19-13-8-6-12(7-9-13)14-18-11(3)20-21-14;/h6-9H,4-5,10,17H2,1-3H3,(H,19,22)(H,18,20,21);1H. The zero-order valence-electron chi connectivity index (χ0n) is 13.7. The second-order valence-corrected chi connectivity index (χ2v) is 5.47. The second-order valence-electron chi connectivity index (χ2n) is 5.47. The number of nitrogens with zero attached hydrogens (tertiary/aromatic N) is 2. The minimum absolute atomic E-state index is 0. The van der Waals surface area contributed by atoms with E-state index < -0.39 is 5.41 Å². The van der Waals surface area contributed by atoms with E-state index in [0.29, 0.717) is 12.4 Å². The van der Waals surface area contributed by atoms with Gasteiger partial charge in [-0.05, 0) is 44.0 Å². The lowest BCUT2D eigenvalue weighted by atomic mass is 9.81. The Balaban J connectivity index is 0.00000264. The third-order valence-corrected chi connectivity index (χ3v) is 4.22. The van der Waals surface area contributed by atoms with E-state index in [1.54, 1.807) is 0 Å². The van der Waals surface area contributed by atoms with E-state index >= 15 is 0 Å². The average Bonchev–Trinajstić information content (AvgIpc) is 2.97. The molecule has 1 aromatic carbocycles. The molecule has 0 spiro atoms. The minimum Gasteiger partial charge on any atom is -0.329 e. The number of carbonyl (C=O) groups is 1. The number of halogens is 1. The molecule has 0 aliphatic heterocycles. The van der Waals surface area contributed by atoms with Gasteiger partial charge in [-0.2, -0.15) is 5.10 Å². The maximum Gasteiger partial charge on any atom is 0.231 e. The van der Waals surface area contributed by atoms with Crippen LogP contribution in [0.3, 0.4) is 0 Å². The van der Waals surface area contributed by atoms with Gasteiger partial charge in [0.2, 0.25) is 5.91 Å². The number of nitrogens with one attached hydrogen (secondary N) is 2. The monoisotopic (exact) mass is 337 g/mol. The van der Waals surface area contributed by atoms with Crippen LogP contribution in [0.4, 0.5) is 5.69 Å². The maximum atomic E-state index is 12.5. The Labute approximate surface area is 142 Å². The fourth-order valence-corrected chi connectivity index (χ4v) is 2.39. The first-order valence-electron chi connectivity index (χ1n) is 7.55. The Morgan fingerprint density at radius 3 is 2.30 bits per heavy atom. The van der Waals surface area contributed by atoms with Crippen LogP contribution in [-0.4, -0.2) is 27.6 Å². The lowest BCUT2D eigenvalue weighted by Gasteiger charge is -2.28. The van der Waals surface area contributed by atoms with Gasteiger partial charge in [0.1, 0.15) is 5.82 Å². The molecule has 0 aliphatic rings. The highest BCUT2D eigenvalue weighted by Gasteiger charge is 2.33. The predicted molar refractivity (Wildman–Crippen MR) is 94.5 cm³/mol. The van der Waals surface area contributed by atoms with E-state index in [2.05, 4.69) is 20.5 Å². The molecule has 0 radical (unpaired) electrons. The van der Waals surface area contributed by atoms with Gasteiger partial charge in [-0.3, -0.25) is 9.89 Å². The Morgan fingerprint density at radius 1 is 1.26 bits per heavy atom. The van der Waals surface area contributed by atoms with Gasteiger partial charge in [-0.1, -0.05) is 13.8 Å². The summed E-state index contributed by atoms with van der Waals surface area (Å²) >= 11 is 0. The van der Waals surface area contributed by atoms with Crippen LogP contribution in [0, 0.1) is 12.3 Å². The highest BCUT2D eigenvalue weighted by Crippen LogP contribution is 2.27. The molecule has 7 heteroatoms. The normalized spacial score (nSPS) is 11.0. The molecule has 0 bridgehead atoms. The zero-order valence-corrected chi connectivity index (χ0v) is 14.5. The summed E-state index contributed by atoms with van der Waals surface area (Å²) in [5.41, 5.74) is 6.96. The van der Waals surface area contributed by atoms with Crippen molar-refractivity contribution >= 4 is 24.0 Å². The highest BCUT2D eigenvalue weighted by atomic mass is 35.5. The number of aryl methyl sites for hydroxylation is 1. The predicted octanol–water partition coefficient (Wildman–Crippen LogP) is 2.91. The first-order chi connectivity index (χ1) is 10.5. The Hall–Kier alpha value is -1.92. The molecule has 23 heavy (non-hydrogen) atoms. The molecular weight excluding hydrogens is 314 g/mol. The number of aromatic nitrogens is 3. The number of aromatic amines is 1. The molecule has 1 amide bonds. The molecular formula is C16H24ClN5O. The van der Waals surface area contributed by atoms with E-state index in [0.717, 1.165) is 29.9 Å². The van der Waals surface area contributed by atoms with Crippen LogP contribution in [-0.2, 0) is 4.79 Å². The summed E-state index contributed by atoms with van der Waals surface area (Å²) in [5, 5.41) is 9.88. The SMILES string of the molecule is CCC(CC)(CN)C(=O)Nc1ccc(-c2n[nH]c(C)n2)cc1.Cl. The smallest absolute Gasteiger partial charge is 0.231 e. The Kier molecular flexibility index (Phi) is 6.72. The second kappa shape index (κ2) is 8.08. The fourth-order valence-electron chi connectivity index (χ4n) is 2.39. The first-order valence-corrected chi connectivity index (χ1v) is 7.55. The molecule has 0 atom stereocenters. The molecule has 0 aliphatic carbocycles. The van der Waals surface area contributed by atoms with Crippen molar-refractivity contribution in [2.45, 2.75) is 33.6 Å². The van der Waals surface area contributed by atoms with Crippen molar-refractivity contribution in [3.8, 4) is 11.4 Å². The largest absolute Gasteiger partial charge is 0.329 e. The minimum atomic E-state index is -0.500. The Bertz CT molecular complexity index is 626. The van der Waals surface area contributed by atoms with Gasteiger partial charge < -0.3 is 11.1 Å². The number of H-pyrrole nitrogens is 1. The number of nitrogens with two attached hydrogens (primary N) is 1. The summed E-state index contributed by atoms with van der Waals surface area (Å²) in [7, 11) is 0. The number of anilines is 1. The molecule has 0 saturated carbocycles. The van der Waals surface area contributed by atoms with Crippen LogP contribution in [0.1, 0.15) is 32.5 Å². The molecule has 2 rings (SSSR count). The number of amides is 1. The molecule has 1 heterocycles. The summed E-state index contributed by atoms with van der Waals surface area (Å²) in [4.78, 5) is 16.7. The lowest BCUT2D eigenvalue weighted by Crippen LogP contribution is -2.41. The van der Waals surface area contributed by atoms with Crippen molar-refractivity contribution < 1.29 is 4.79 Å². The van der Waals surface area contributed by atoms with E-state index in [4.69, 9.17) is 5.73 Å². The maximum absolute atomic E-state index is 12.5. The van der Waals surface area contributed by atoms with Crippen molar-refractivity contribution in [2.24, 2.45) is 11.1 Å². The fraction of sp³-hybridized carbons (Fsp3) is 0.438. The summed E-state index contributed by atoms with van der Waals surface area (Å²) in [6.45, 7) is 6.18. The van der Waals surface area contributed by atoms with Gasteiger partial charge in [0.25, 0.3) is 0 Å². The van der Waals surface area contributed by atoms with Crippen molar-refractivity contribution in [2.75, 3.05) is 11.9 Å². The lowest BCUT2D eigenvalue weighted by molar-refractivity contribution is -0.125. The van der Waals surface area contributed by atoms with Crippen LogP contribution in [0.15, 0.2) is 24.3 Å². The summed E-state index contributed by atoms with van der Waals surface area (Å²) in [5.74, 6) is 1.39. The third-order valence-electron chi connectivity index (χ3n) is 4.22. The molecule has 6 nitrogen and oxygen atoms in total. The number of hydrogen-bond donors (Lipinski definition) is 3. The van der Waals surface area contributed by atoms with Gasteiger partial charge in [0.05, 0.1) is 5.41 Å². The number of benzene rings is 1. The third kappa shape index (κ3) is 4.09. The van der Waals surface area contributed by atoms with Gasteiger partial charge >= 0.3 is 0 Å². The number of rotatable bonds is 6. The zero-order chi connectivity index (χ0) is 16.2. The van der Waals surface area contributed by atoms with Gasteiger partial charge in [-0.15, -0.1) is 12.4 Å². The molecule has 2 aromatic rings. The van der Waals surface area contributed by atoms with Crippen LogP contribution in [0.2, 0.25) is 0 Å². The van der Waals surface area contributed by atoms with Crippen LogP contribution in [0.5, 0.6) is 0 Å². The molecule has 0 unspecified atom stereocenters. The summed E-state index contributed by atoms with van der Waals surface area (Å²) in [6.07, 6.45) is 1.45. The van der Waals surface area contributed by atoms with Gasteiger partial charge in [-0.25, -0.2) is 4.98 Å². The molecule has 126 valence electrons. The van der Waals surface area contributed by atoms with Crippen molar-refractivity contribution in [1.29, 1.82) is 0 Å². The molecule has 4 N–H and O–H groups in total. The highest BCUT2D eigenvalue weighted by molar-refractivity contribution is 5.95. The van der Waals surface area contributed by atoms with Gasteiger partial charge in [0.15, 0.2) is 5.82 Å². The van der Waals surface area contributed by atoms with Crippen molar-refractivity contribution in [1.82, 2.24) is 15.2 Å². The van der Waals surface area contributed by atoms with Gasteiger partial charge in [0, 0.05) is 17.8 Å². The van der Waals surface area contributed by atoms with E-state index in [1.807, 2.05) is 45.0 Å². The number of hydrogen-bond acceptors (Lipinski definition) is 4. The first kappa shape index (κ1) is 19.1.